The van der Waals surface area contributed by atoms with Gasteiger partial charge >= 0.3 is 0 Å². The molecule has 0 aliphatic rings. The van der Waals surface area contributed by atoms with Crippen molar-refractivity contribution in [3.8, 4) is 0 Å². The highest BCUT2D eigenvalue weighted by Crippen LogP contribution is 2.19. The van der Waals surface area contributed by atoms with E-state index in [0.717, 1.165) is 4.47 Å². The number of amides is 1. The third-order valence-electron chi connectivity index (χ3n) is 4.04. The molecule has 2 aromatic carbocycles. The summed E-state index contributed by atoms with van der Waals surface area (Å²) in [6.45, 7) is 0.795. The number of carbonyl (C=O) groups is 1. The van der Waals surface area contributed by atoms with Gasteiger partial charge < -0.3 is 5.32 Å². The number of rotatable bonds is 5. The van der Waals surface area contributed by atoms with E-state index < -0.39 is 0 Å². The van der Waals surface area contributed by atoms with Gasteiger partial charge in [-0.1, -0.05) is 42.5 Å². The van der Waals surface area contributed by atoms with Gasteiger partial charge in [-0.2, -0.15) is 10.2 Å². The van der Waals surface area contributed by atoms with E-state index in [0.29, 0.717) is 12.2 Å². The standard InChI is InChI=1S/C19H16BrN5O/c20-16-8-21-25(11-16)13-19(26)23-17-9-22-24(12-17)10-15-6-3-5-14-4-1-2-7-18(14)15/h1-9,11-12H,10,13H2,(H,23,26). The van der Waals surface area contributed by atoms with Crippen molar-refractivity contribution in [2.75, 3.05) is 5.32 Å². The Labute approximate surface area is 158 Å². The Bertz CT molecular complexity index is 1060. The Kier molecular flexibility index (Phi) is 4.53. The first-order chi connectivity index (χ1) is 12.7. The van der Waals surface area contributed by atoms with Gasteiger partial charge in [0.2, 0.25) is 5.91 Å². The zero-order valence-electron chi connectivity index (χ0n) is 13.8. The number of anilines is 1. The van der Waals surface area contributed by atoms with Gasteiger partial charge in [0.25, 0.3) is 0 Å². The third kappa shape index (κ3) is 3.67. The van der Waals surface area contributed by atoms with E-state index in [1.807, 2.05) is 29.1 Å². The first kappa shape index (κ1) is 16.5. The smallest absolute Gasteiger partial charge is 0.246 e. The summed E-state index contributed by atoms with van der Waals surface area (Å²) in [6, 6.07) is 14.5. The fourth-order valence-electron chi connectivity index (χ4n) is 2.89. The fourth-order valence-corrected chi connectivity index (χ4v) is 3.22. The molecule has 7 heteroatoms. The molecule has 0 saturated heterocycles. The number of aromatic nitrogens is 4. The lowest BCUT2D eigenvalue weighted by molar-refractivity contribution is -0.116. The summed E-state index contributed by atoms with van der Waals surface area (Å²) in [7, 11) is 0. The molecule has 26 heavy (non-hydrogen) atoms. The first-order valence-electron chi connectivity index (χ1n) is 8.14. The third-order valence-corrected chi connectivity index (χ3v) is 4.45. The minimum atomic E-state index is -0.148. The summed E-state index contributed by atoms with van der Waals surface area (Å²) < 4.78 is 4.23. The minimum Gasteiger partial charge on any atom is -0.322 e. The maximum atomic E-state index is 12.1. The van der Waals surface area contributed by atoms with Gasteiger partial charge in [0.15, 0.2) is 0 Å². The molecule has 1 amide bonds. The van der Waals surface area contributed by atoms with Gasteiger partial charge in [0.1, 0.15) is 6.54 Å². The molecule has 0 bridgehead atoms. The molecule has 0 saturated carbocycles. The molecule has 6 nitrogen and oxygen atoms in total. The van der Waals surface area contributed by atoms with Crippen LogP contribution >= 0.6 is 15.9 Å². The van der Waals surface area contributed by atoms with Crippen molar-refractivity contribution in [1.82, 2.24) is 19.6 Å². The van der Waals surface area contributed by atoms with Gasteiger partial charge in [0, 0.05) is 12.4 Å². The van der Waals surface area contributed by atoms with Crippen LogP contribution in [-0.4, -0.2) is 25.5 Å². The number of fused-ring (bicyclic) bond motifs is 1. The van der Waals surface area contributed by atoms with Crippen molar-refractivity contribution in [1.29, 1.82) is 0 Å². The number of nitrogens with one attached hydrogen (secondary N) is 1. The van der Waals surface area contributed by atoms with Crippen molar-refractivity contribution in [3.63, 3.8) is 0 Å². The van der Waals surface area contributed by atoms with E-state index in [4.69, 9.17) is 0 Å². The summed E-state index contributed by atoms with van der Waals surface area (Å²) in [4.78, 5) is 12.1. The zero-order valence-corrected chi connectivity index (χ0v) is 15.4. The van der Waals surface area contributed by atoms with Gasteiger partial charge in [0.05, 0.1) is 29.1 Å². The van der Waals surface area contributed by atoms with Crippen LogP contribution in [0.25, 0.3) is 10.8 Å². The highest BCUT2D eigenvalue weighted by molar-refractivity contribution is 9.10. The number of nitrogens with zero attached hydrogens (tertiary/aromatic N) is 4. The molecule has 0 aliphatic heterocycles. The quantitative estimate of drug-likeness (QED) is 0.546. The van der Waals surface area contributed by atoms with Crippen LogP contribution in [0.3, 0.4) is 0 Å². The number of carbonyl (C=O) groups excluding carboxylic acids is 1. The number of benzene rings is 2. The predicted octanol–water partition coefficient (Wildman–Crippen LogP) is 3.68. The van der Waals surface area contributed by atoms with Crippen LogP contribution in [0.2, 0.25) is 0 Å². The monoisotopic (exact) mass is 409 g/mol. The molecule has 130 valence electrons. The van der Waals surface area contributed by atoms with E-state index in [2.05, 4.69) is 55.7 Å². The lowest BCUT2D eigenvalue weighted by atomic mass is 10.0. The second-order valence-corrected chi connectivity index (χ2v) is 6.88. The molecule has 0 unspecified atom stereocenters. The van der Waals surface area contributed by atoms with Crippen LogP contribution < -0.4 is 5.32 Å². The Balaban J connectivity index is 1.45. The SMILES string of the molecule is O=C(Cn1cc(Br)cn1)Nc1cnn(Cc2cccc3ccccc23)c1. The van der Waals surface area contributed by atoms with E-state index in [1.165, 1.54) is 16.3 Å². The first-order valence-corrected chi connectivity index (χ1v) is 8.93. The molecule has 0 radical (unpaired) electrons. The molecular formula is C19H16BrN5O. The van der Waals surface area contributed by atoms with E-state index in [-0.39, 0.29) is 12.5 Å². The van der Waals surface area contributed by atoms with Crippen LogP contribution in [0.1, 0.15) is 5.56 Å². The van der Waals surface area contributed by atoms with Crippen LogP contribution in [0.5, 0.6) is 0 Å². The normalized spacial score (nSPS) is 11.0. The fraction of sp³-hybridized carbons (Fsp3) is 0.105. The maximum Gasteiger partial charge on any atom is 0.246 e. The Morgan fingerprint density at radius 2 is 1.81 bits per heavy atom. The molecular weight excluding hydrogens is 394 g/mol. The summed E-state index contributed by atoms with van der Waals surface area (Å²) in [6.07, 6.45) is 6.89. The zero-order chi connectivity index (χ0) is 17.9. The maximum absolute atomic E-state index is 12.1. The highest BCUT2D eigenvalue weighted by Gasteiger charge is 2.08. The van der Waals surface area contributed by atoms with Gasteiger partial charge in [-0.05, 0) is 32.3 Å². The van der Waals surface area contributed by atoms with Gasteiger partial charge in [-0.3, -0.25) is 14.2 Å². The average molecular weight is 410 g/mol. The largest absolute Gasteiger partial charge is 0.322 e. The number of halogens is 1. The minimum absolute atomic E-state index is 0.148. The van der Waals surface area contributed by atoms with Crippen molar-refractivity contribution in [2.24, 2.45) is 0 Å². The van der Waals surface area contributed by atoms with Crippen molar-refractivity contribution in [2.45, 2.75) is 13.1 Å². The highest BCUT2D eigenvalue weighted by atomic mass is 79.9. The molecule has 0 fully saturated rings. The molecule has 2 aromatic heterocycles. The second-order valence-electron chi connectivity index (χ2n) is 5.97. The molecule has 0 spiro atoms. The second kappa shape index (κ2) is 7.13. The lowest BCUT2D eigenvalue weighted by Crippen LogP contribution is -2.18. The van der Waals surface area contributed by atoms with Crippen molar-refractivity contribution >= 4 is 38.3 Å². The molecule has 4 aromatic rings. The van der Waals surface area contributed by atoms with Crippen molar-refractivity contribution in [3.05, 3.63) is 77.3 Å². The van der Waals surface area contributed by atoms with Crippen molar-refractivity contribution < 1.29 is 4.79 Å². The predicted molar refractivity (Wildman–Crippen MR) is 104 cm³/mol. The van der Waals surface area contributed by atoms with Crippen LogP contribution in [0.4, 0.5) is 5.69 Å². The number of hydrogen-bond acceptors (Lipinski definition) is 3. The topological polar surface area (TPSA) is 64.7 Å². The number of hydrogen-bond donors (Lipinski definition) is 1. The van der Waals surface area contributed by atoms with Crippen LogP contribution in [0.15, 0.2) is 71.7 Å². The van der Waals surface area contributed by atoms with E-state index >= 15 is 0 Å². The molecule has 2 heterocycles. The van der Waals surface area contributed by atoms with Crippen LogP contribution in [0, 0.1) is 0 Å². The van der Waals surface area contributed by atoms with Gasteiger partial charge in [-0.15, -0.1) is 0 Å². The Hall–Kier alpha value is -2.93. The average Bonchev–Trinajstić information content (AvgIpc) is 3.24. The summed E-state index contributed by atoms with van der Waals surface area (Å²) in [5.74, 6) is -0.148. The summed E-state index contributed by atoms with van der Waals surface area (Å²) >= 11 is 3.31. The van der Waals surface area contributed by atoms with Crippen LogP contribution in [-0.2, 0) is 17.9 Å². The lowest BCUT2D eigenvalue weighted by Gasteiger charge is -2.06. The summed E-state index contributed by atoms with van der Waals surface area (Å²) in [5, 5.41) is 13.7. The van der Waals surface area contributed by atoms with Gasteiger partial charge in [-0.25, -0.2) is 0 Å². The molecule has 0 atom stereocenters. The molecule has 4 rings (SSSR count). The van der Waals surface area contributed by atoms with E-state index in [9.17, 15) is 4.79 Å². The molecule has 0 aliphatic carbocycles. The Morgan fingerprint density at radius 3 is 2.65 bits per heavy atom. The van der Waals surface area contributed by atoms with E-state index in [1.54, 1.807) is 23.3 Å². The molecule has 1 N–H and O–H groups in total. The summed E-state index contributed by atoms with van der Waals surface area (Å²) in [5.41, 5.74) is 1.85. The Morgan fingerprint density at radius 1 is 1.00 bits per heavy atom.